The number of carbonyl (C=O) groups excluding carboxylic acids is 1. The molecule has 2 aromatic rings. The molecule has 0 unspecified atom stereocenters. The lowest BCUT2D eigenvalue weighted by Gasteiger charge is -2.34. The molecule has 26 heavy (non-hydrogen) atoms. The summed E-state index contributed by atoms with van der Waals surface area (Å²) >= 11 is 0. The number of nitrogens with zero attached hydrogens (tertiary/aromatic N) is 3. The van der Waals surface area contributed by atoms with Gasteiger partial charge in [0.25, 0.3) is 5.91 Å². The van der Waals surface area contributed by atoms with Crippen molar-refractivity contribution < 1.29 is 18.7 Å². The molecular weight excluding hydrogens is 334 g/mol. The molecule has 2 aliphatic rings. The summed E-state index contributed by atoms with van der Waals surface area (Å²) in [7, 11) is 0. The van der Waals surface area contributed by atoms with Gasteiger partial charge in [0.2, 0.25) is 17.9 Å². The average molecular weight is 357 g/mol. The van der Waals surface area contributed by atoms with E-state index < -0.39 is 6.10 Å². The molecule has 1 amide bonds. The summed E-state index contributed by atoms with van der Waals surface area (Å²) in [6.45, 7) is 5.62. The minimum Gasteiger partial charge on any atom is -0.485 e. The second kappa shape index (κ2) is 6.97. The average Bonchev–Trinajstić information content (AvgIpc) is 3.18. The monoisotopic (exact) mass is 357 g/mol. The SMILES string of the molecule is CC(C)c1nnc(C2CCN(C(=O)[C@H]3COc4ccccc4O3)CC2)o1. The molecule has 1 fully saturated rings. The number of carbonyl (C=O) groups is 1. The second-order valence-corrected chi connectivity index (χ2v) is 7.10. The highest BCUT2D eigenvalue weighted by Crippen LogP contribution is 2.32. The summed E-state index contributed by atoms with van der Waals surface area (Å²) in [6.07, 6.45) is 1.04. The molecule has 2 aliphatic heterocycles. The van der Waals surface area contributed by atoms with Crippen LogP contribution in [0.5, 0.6) is 11.5 Å². The van der Waals surface area contributed by atoms with Crippen LogP contribution in [0.1, 0.15) is 50.3 Å². The van der Waals surface area contributed by atoms with E-state index in [1.54, 1.807) is 0 Å². The molecule has 1 atom stereocenters. The van der Waals surface area contributed by atoms with E-state index in [-0.39, 0.29) is 24.3 Å². The Morgan fingerprint density at radius 1 is 1.15 bits per heavy atom. The predicted octanol–water partition coefficient (Wildman–Crippen LogP) is 2.74. The Bertz CT molecular complexity index is 781. The summed E-state index contributed by atoms with van der Waals surface area (Å²) in [4.78, 5) is 14.6. The van der Waals surface area contributed by atoms with E-state index in [9.17, 15) is 4.79 Å². The van der Waals surface area contributed by atoms with Crippen molar-refractivity contribution in [3.8, 4) is 11.5 Å². The lowest BCUT2D eigenvalue weighted by Crippen LogP contribution is -2.48. The largest absolute Gasteiger partial charge is 0.485 e. The van der Waals surface area contributed by atoms with Gasteiger partial charge in [0.15, 0.2) is 11.5 Å². The third-order valence-electron chi connectivity index (χ3n) is 4.89. The van der Waals surface area contributed by atoms with Crippen molar-refractivity contribution >= 4 is 5.91 Å². The zero-order valence-electron chi connectivity index (χ0n) is 15.1. The van der Waals surface area contributed by atoms with Crippen LogP contribution in [0.3, 0.4) is 0 Å². The number of piperidine rings is 1. The molecule has 3 heterocycles. The molecule has 0 N–H and O–H groups in total. The van der Waals surface area contributed by atoms with Crippen molar-refractivity contribution in [2.75, 3.05) is 19.7 Å². The van der Waals surface area contributed by atoms with Crippen LogP contribution in [0.2, 0.25) is 0 Å². The molecule has 1 saturated heterocycles. The van der Waals surface area contributed by atoms with Crippen molar-refractivity contribution in [1.29, 1.82) is 0 Å². The third-order valence-corrected chi connectivity index (χ3v) is 4.89. The van der Waals surface area contributed by atoms with E-state index in [0.29, 0.717) is 36.4 Å². The Balaban J connectivity index is 1.35. The quantitative estimate of drug-likeness (QED) is 0.840. The Morgan fingerprint density at radius 2 is 1.88 bits per heavy atom. The molecule has 1 aromatic carbocycles. The molecule has 7 heteroatoms. The molecule has 0 aliphatic carbocycles. The van der Waals surface area contributed by atoms with E-state index in [2.05, 4.69) is 10.2 Å². The van der Waals surface area contributed by atoms with Gasteiger partial charge in [0.05, 0.1) is 0 Å². The standard InChI is InChI=1S/C19H23N3O4/c1-12(2)17-20-21-18(26-17)13-7-9-22(10-8-13)19(23)16-11-24-14-5-3-4-6-15(14)25-16/h3-6,12-13,16H,7-11H2,1-2H3/t16-/m1/s1. The van der Waals surface area contributed by atoms with Gasteiger partial charge in [0.1, 0.15) is 6.61 Å². The highest BCUT2D eigenvalue weighted by Gasteiger charge is 2.34. The van der Waals surface area contributed by atoms with Crippen LogP contribution in [0, 0.1) is 0 Å². The summed E-state index contributed by atoms with van der Waals surface area (Å²) < 4.78 is 17.3. The van der Waals surface area contributed by atoms with Gasteiger partial charge in [-0.1, -0.05) is 26.0 Å². The summed E-state index contributed by atoms with van der Waals surface area (Å²) in [5, 5.41) is 8.29. The fraction of sp³-hybridized carbons (Fsp3) is 0.526. The molecule has 7 nitrogen and oxygen atoms in total. The number of amides is 1. The highest BCUT2D eigenvalue weighted by atomic mass is 16.6. The normalized spacial score (nSPS) is 20.4. The van der Waals surface area contributed by atoms with Crippen molar-refractivity contribution in [2.45, 2.75) is 44.6 Å². The zero-order valence-corrected chi connectivity index (χ0v) is 15.1. The van der Waals surface area contributed by atoms with Crippen LogP contribution in [0.25, 0.3) is 0 Å². The van der Waals surface area contributed by atoms with E-state index in [1.165, 1.54) is 0 Å². The maximum absolute atomic E-state index is 12.8. The highest BCUT2D eigenvalue weighted by molar-refractivity contribution is 5.82. The van der Waals surface area contributed by atoms with Crippen molar-refractivity contribution in [3.05, 3.63) is 36.0 Å². The van der Waals surface area contributed by atoms with Crippen LogP contribution in [-0.4, -0.2) is 46.8 Å². The first-order valence-corrected chi connectivity index (χ1v) is 9.12. The van der Waals surface area contributed by atoms with Crippen LogP contribution in [0.15, 0.2) is 28.7 Å². The molecule has 4 rings (SSSR count). The first kappa shape index (κ1) is 16.9. The summed E-state index contributed by atoms with van der Waals surface area (Å²) in [6, 6.07) is 7.42. The lowest BCUT2D eigenvalue weighted by atomic mass is 9.96. The number of benzene rings is 1. The fourth-order valence-corrected chi connectivity index (χ4v) is 3.34. The van der Waals surface area contributed by atoms with Crippen molar-refractivity contribution in [2.24, 2.45) is 0 Å². The number of likely N-dealkylation sites (tertiary alicyclic amines) is 1. The smallest absolute Gasteiger partial charge is 0.267 e. The molecule has 1 aromatic heterocycles. The van der Waals surface area contributed by atoms with E-state index >= 15 is 0 Å². The van der Waals surface area contributed by atoms with Crippen LogP contribution in [-0.2, 0) is 4.79 Å². The number of fused-ring (bicyclic) bond motifs is 1. The predicted molar refractivity (Wildman–Crippen MR) is 93.3 cm³/mol. The maximum atomic E-state index is 12.8. The van der Waals surface area contributed by atoms with Crippen LogP contribution in [0.4, 0.5) is 0 Å². The van der Waals surface area contributed by atoms with Gasteiger partial charge in [-0.25, -0.2) is 0 Å². The van der Waals surface area contributed by atoms with E-state index in [1.807, 2.05) is 43.0 Å². The molecule has 0 spiro atoms. The van der Waals surface area contributed by atoms with Gasteiger partial charge < -0.3 is 18.8 Å². The minimum atomic E-state index is -0.586. The Hall–Kier alpha value is -2.57. The number of rotatable bonds is 3. The number of hydrogen-bond donors (Lipinski definition) is 0. The first-order chi connectivity index (χ1) is 12.6. The zero-order chi connectivity index (χ0) is 18.1. The van der Waals surface area contributed by atoms with Gasteiger partial charge >= 0.3 is 0 Å². The number of para-hydroxylation sites is 2. The van der Waals surface area contributed by atoms with Gasteiger partial charge in [-0.2, -0.15) is 0 Å². The fourth-order valence-electron chi connectivity index (χ4n) is 3.34. The Kier molecular flexibility index (Phi) is 4.53. The van der Waals surface area contributed by atoms with Crippen LogP contribution < -0.4 is 9.47 Å². The summed E-state index contributed by atoms with van der Waals surface area (Å²) in [5.74, 6) is 3.09. The third kappa shape index (κ3) is 3.25. The van der Waals surface area contributed by atoms with Gasteiger partial charge in [-0.05, 0) is 25.0 Å². The summed E-state index contributed by atoms with van der Waals surface area (Å²) in [5.41, 5.74) is 0. The number of hydrogen-bond acceptors (Lipinski definition) is 6. The van der Waals surface area contributed by atoms with Crippen LogP contribution >= 0.6 is 0 Å². The first-order valence-electron chi connectivity index (χ1n) is 9.12. The lowest BCUT2D eigenvalue weighted by molar-refractivity contribution is -0.142. The molecule has 0 radical (unpaired) electrons. The molecule has 0 saturated carbocycles. The number of aromatic nitrogens is 2. The maximum Gasteiger partial charge on any atom is 0.267 e. The Labute approximate surface area is 152 Å². The van der Waals surface area contributed by atoms with Crippen molar-refractivity contribution in [1.82, 2.24) is 15.1 Å². The molecule has 138 valence electrons. The minimum absolute atomic E-state index is 0.0219. The second-order valence-electron chi connectivity index (χ2n) is 7.10. The number of ether oxygens (including phenoxy) is 2. The van der Waals surface area contributed by atoms with Gasteiger partial charge in [-0.3, -0.25) is 4.79 Å². The molecular formula is C19H23N3O4. The van der Waals surface area contributed by atoms with E-state index in [4.69, 9.17) is 13.9 Å². The molecule has 0 bridgehead atoms. The topological polar surface area (TPSA) is 77.7 Å². The van der Waals surface area contributed by atoms with Gasteiger partial charge in [-0.15, -0.1) is 10.2 Å². The Morgan fingerprint density at radius 3 is 2.58 bits per heavy atom. The van der Waals surface area contributed by atoms with Crippen molar-refractivity contribution in [3.63, 3.8) is 0 Å². The van der Waals surface area contributed by atoms with E-state index in [0.717, 1.165) is 12.8 Å². The van der Waals surface area contributed by atoms with Gasteiger partial charge in [0, 0.05) is 24.9 Å².